The van der Waals surface area contributed by atoms with E-state index in [1.54, 1.807) is 6.07 Å². The van der Waals surface area contributed by atoms with Crippen molar-refractivity contribution in [3.05, 3.63) is 146 Å². The monoisotopic (exact) mass is 643 g/mol. The lowest BCUT2D eigenvalue weighted by atomic mass is 10.1. The van der Waals surface area contributed by atoms with Crippen LogP contribution in [0.2, 0.25) is 0 Å². The highest BCUT2D eigenvalue weighted by atomic mass is 32.2. The van der Waals surface area contributed by atoms with Crippen LogP contribution in [-0.2, 0) is 10.1 Å². The Labute approximate surface area is 275 Å². The van der Waals surface area contributed by atoms with Crippen LogP contribution in [0.15, 0.2) is 150 Å². The molecule has 0 saturated heterocycles. The largest absolute Gasteiger partial charge is 0.307 e. The van der Waals surface area contributed by atoms with Crippen LogP contribution >= 0.6 is 0 Å². The SMILES string of the molecule is O=S(=O)(O)c1cccc(-n2c3ccccc3c3ccc4c5ccccc5n(-c5nc(-c6ccccc6)nc(-c6ccccc6)n5)c4c32)c1. The van der Waals surface area contributed by atoms with Gasteiger partial charge in [0, 0.05) is 38.4 Å². The van der Waals surface area contributed by atoms with Gasteiger partial charge in [-0.2, -0.15) is 18.4 Å². The van der Waals surface area contributed by atoms with Gasteiger partial charge in [-0.1, -0.05) is 115 Å². The molecule has 0 amide bonds. The fourth-order valence-corrected chi connectivity index (χ4v) is 7.18. The molecule has 0 aliphatic rings. The van der Waals surface area contributed by atoms with Crippen molar-refractivity contribution >= 4 is 53.7 Å². The van der Waals surface area contributed by atoms with Gasteiger partial charge in [-0.15, -0.1) is 0 Å². The van der Waals surface area contributed by atoms with Gasteiger partial charge in [-0.25, -0.2) is 4.98 Å². The highest BCUT2D eigenvalue weighted by Gasteiger charge is 2.24. The van der Waals surface area contributed by atoms with Gasteiger partial charge in [0.2, 0.25) is 5.95 Å². The van der Waals surface area contributed by atoms with E-state index in [1.807, 2.05) is 97.1 Å². The number of benzene rings is 6. The summed E-state index contributed by atoms with van der Waals surface area (Å²) in [4.78, 5) is 14.9. The van der Waals surface area contributed by atoms with Crippen molar-refractivity contribution in [2.45, 2.75) is 4.90 Å². The Balaban J connectivity index is 1.47. The Morgan fingerprint density at radius 2 is 0.979 bits per heavy atom. The summed E-state index contributed by atoms with van der Waals surface area (Å²) in [5.74, 6) is 1.53. The van der Waals surface area contributed by atoms with Crippen molar-refractivity contribution in [1.82, 2.24) is 24.1 Å². The Morgan fingerprint density at radius 3 is 1.54 bits per heavy atom. The molecule has 3 aromatic heterocycles. The van der Waals surface area contributed by atoms with Crippen molar-refractivity contribution < 1.29 is 13.0 Å². The summed E-state index contributed by atoms with van der Waals surface area (Å²) < 4.78 is 38.6. The quantitative estimate of drug-likeness (QED) is 0.188. The summed E-state index contributed by atoms with van der Waals surface area (Å²) in [6.45, 7) is 0. The predicted molar refractivity (Wildman–Crippen MR) is 189 cm³/mol. The van der Waals surface area contributed by atoms with Gasteiger partial charge in [0.1, 0.15) is 0 Å². The third kappa shape index (κ3) is 4.40. The molecule has 0 spiro atoms. The third-order valence-electron chi connectivity index (χ3n) is 8.73. The Bertz CT molecular complexity index is 2750. The van der Waals surface area contributed by atoms with E-state index in [4.69, 9.17) is 15.0 Å². The molecular formula is C39H25N5O3S. The van der Waals surface area contributed by atoms with Crippen LogP contribution in [0.25, 0.3) is 78.0 Å². The topological polar surface area (TPSA) is 103 Å². The highest BCUT2D eigenvalue weighted by Crippen LogP contribution is 2.41. The van der Waals surface area contributed by atoms with E-state index >= 15 is 0 Å². The lowest BCUT2D eigenvalue weighted by Crippen LogP contribution is -2.07. The van der Waals surface area contributed by atoms with Crippen LogP contribution in [0.5, 0.6) is 0 Å². The number of hydrogen-bond donors (Lipinski definition) is 1. The summed E-state index contributed by atoms with van der Waals surface area (Å²) in [5, 5.41) is 3.96. The second-order valence-electron chi connectivity index (χ2n) is 11.6. The molecule has 9 rings (SSSR count). The van der Waals surface area contributed by atoms with E-state index < -0.39 is 10.1 Å². The first-order chi connectivity index (χ1) is 23.5. The number of aromatic nitrogens is 5. The third-order valence-corrected chi connectivity index (χ3v) is 9.58. The zero-order chi connectivity index (χ0) is 32.4. The number of para-hydroxylation sites is 2. The van der Waals surface area contributed by atoms with E-state index in [9.17, 15) is 13.0 Å². The van der Waals surface area contributed by atoms with E-state index in [1.165, 1.54) is 12.1 Å². The molecule has 0 unspecified atom stereocenters. The van der Waals surface area contributed by atoms with Crippen molar-refractivity contribution in [1.29, 1.82) is 0 Å². The van der Waals surface area contributed by atoms with Gasteiger partial charge in [-0.05, 0) is 30.3 Å². The maximum atomic E-state index is 12.3. The van der Waals surface area contributed by atoms with Gasteiger partial charge < -0.3 is 4.57 Å². The molecule has 6 aromatic carbocycles. The van der Waals surface area contributed by atoms with E-state index in [0.29, 0.717) is 23.3 Å². The summed E-state index contributed by atoms with van der Waals surface area (Å²) >= 11 is 0. The molecule has 0 bridgehead atoms. The molecule has 1 N–H and O–H groups in total. The molecule has 0 aliphatic heterocycles. The fraction of sp³-hybridized carbons (Fsp3) is 0. The molecule has 9 heteroatoms. The molecule has 0 aliphatic carbocycles. The first-order valence-corrected chi connectivity index (χ1v) is 16.8. The number of rotatable bonds is 5. The average molecular weight is 644 g/mol. The first-order valence-electron chi connectivity index (χ1n) is 15.4. The summed E-state index contributed by atoms with van der Waals surface area (Å²) in [5.41, 5.74) is 5.81. The van der Waals surface area contributed by atoms with Gasteiger partial charge in [0.25, 0.3) is 10.1 Å². The maximum absolute atomic E-state index is 12.3. The Kier molecular flexibility index (Phi) is 6.26. The van der Waals surface area contributed by atoms with Crippen molar-refractivity contribution in [2.75, 3.05) is 0 Å². The molecule has 48 heavy (non-hydrogen) atoms. The zero-order valence-electron chi connectivity index (χ0n) is 25.3. The van der Waals surface area contributed by atoms with E-state index in [-0.39, 0.29) is 4.90 Å². The fourth-order valence-electron chi connectivity index (χ4n) is 6.66. The number of hydrogen-bond acceptors (Lipinski definition) is 5. The van der Waals surface area contributed by atoms with Gasteiger partial charge in [0.05, 0.1) is 27.0 Å². The molecule has 230 valence electrons. The van der Waals surface area contributed by atoms with Crippen LogP contribution in [0.4, 0.5) is 0 Å². The summed E-state index contributed by atoms with van der Waals surface area (Å²) in [7, 11) is -4.44. The highest BCUT2D eigenvalue weighted by molar-refractivity contribution is 7.85. The van der Waals surface area contributed by atoms with Crippen LogP contribution in [0.3, 0.4) is 0 Å². The Morgan fingerprint density at radius 1 is 0.479 bits per heavy atom. The van der Waals surface area contributed by atoms with Crippen molar-refractivity contribution in [3.63, 3.8) is 0 Å². The van der Waals surface area contributed by atoms with Crippen LogP contribution in [0.1, 0.15) is 0 Å². The smallest absolute Gasteiger partial charge is 0.294 e. The standard InChI is InChI=1S/C39H25N5O3S/c45-48(46,47)28-17-11-16-27(24-28)43-33-20-9-7-18-29(33)31-22-23-32-30-19-8-10-21-34(30)44(36(32)35(31)43)39-41-37(25-12-3-1-4-13-25)40-38(42-39)26-14-5-2-6-15-26/h1-24H,(H,45,46,47). The van der Waals surface area contributed by atoms with E-state index in [2.05, 4.69) is 39.5 Å². The molecule has 9 aromatic rings. The van der Waals surface area contributed by atoms with Crippen molar-refractivity contribution in [3.8, 4) is 34.4 Å². The van der Waals surface area contributed by atoms with Gasteiger partial charge >= 0.3 is 0 Å². The molecular weight excluding hydrogens is 619 g/mol. The summed E-state index contributed by atoms with van der Waals surface area (Å²) in [6.07, 6.45) is 0. The second-order valence-corrected chi connectivity index (χ2v) is 13.0. The van der Waals surface area contributed by atoms with Crippen LogP contribution in [0, 0.1) is 0 Å². The second kappa shape index (κ2) is 10.7. The lowest BCUT2D eigenvalue weighted by Gasteiger charge is -2.13. The molecule has 0 saturated carbocycles. The van der Waals surface area contributed by atoms with E-state index in [0.717, 1.165) is 54.7 Å². The Hall–Kier alpha value is -6.16. The molecule has 0 fully saturated rings. The molecule has 8 nitrogen and oxygen atoms in total. The minimum absolute atomic E-state index is 0.184. The molecule has 0 radical (unpaired) electrons. The van der Waals surface area contributed by atoms with Gasteiger partial charge in [-0.3, -0.25) is 9.12 Å². The first kappa shape index (κ1) is 28.1. The maximum Gasteiger partial charge on any atom is 0.294 e. The summed E-state index contributed by atoms with van der Waals surface area (Å²) in [6, 6.07) is 46.5. The minimum atomic E-state index is -4.44. The molecule has 3 heterocycles. The zero-order valence-corrected chi connectivity index (χ0v) is 26.1. The van der Waals surface area contributed by atoms with Crippen LogP contribution in [-0.4, -0.2) is 37.1 Å². The number of fused-ring (bicyclic) bond motifs is 7. The van der Waals surface area contributed by atoms with Crippen LogP contribution < -0.4 is 0 Å². The normalized spacial score (nSPS) is 12.0. The average Bonchev–Trinajstić information content (AvgIpc) is 3.65. The minimum Gasteiger partial charge on any atom is -0.307 e. The number of nitrogens with zero attached hydrogens (tertiary/aromatic N) is 5. The van der Waals surface area contributed by atoms with Crippen molar-refractivity contribution in [2.24, 2.45) is 0 Å². The molecule has 0 atom stereocenters. The predicted octanol–water partition coefficient (Wildman–Crippen LogP) is 8.65. The van der Waals surface area contributed by atoms with Gasteiger partial charge in [0.15, 0.2) is 11.6 Å². The lowest BCUT2D eigenvalue weighted by molar-refractivity contribution is 0.483.